The molecule has 152 valence electrons. The van der Waals surface area contributed by atoms with E-state index in [2.05, 4.69) is 5.32 Å². The Morgan fingerprint density at radius 1 is 1.21 bits per heavy atom. The molecule has 1 fully saturated rings. The molecular weight excluding hydrogens is 392 g/mol. The molecule has 0 aromatic heterocycles. The molecule has 29 heavy (non-hydrogen) atoms. The number of esters is 1. The number of nitrogens with zero attached hydrogens (tertiary/aromatic N) is 1. The number of carbonyl (C=O) groups excluding carboxylic acids is 3. The Labute approximate surface area is 174 Å². The highest BCUT2D eigenvalue weighted by Gasteiger charge is 2.20. The number of carbonyl (C=O) groups is 3. The van der Waals surface area contributed by atoms with Gasteiger partial charge in [0.15, 0.2) is 6.61 Å². The van der Waals surface area contributed by atoms with Crippen molar-refractivity contribution in [2.24, 2.45) is 0 Å². The molecule has 1 N–H and O–H groups in total. The maximum absolute atomic E-state index is 12.2. The molecule has 3 rings (SSSR count). The fourth-order valence-electron chi connectivity index (χ4n) is 3.19. The van der Waals surface area contributed by atoms with E-state index in [0.29, 0.717) is 23.6 Å². The summed E-state index contributed by atoms with van der Waals surface area (Å²) in [6.07, 6.45) is 1.49. The lowest BCUT2D eigenvalue weighted by Crippen LogP contribution is -2.31. The summed E-state index contributed by atoms with van der Waals surface area (Å²) in [6.45, 7) is 2.77. The second kappa shape index (κ2) is 9.56. The lowest BCUT2D eigenvalue weighted by Gasteiger charge is -2.16. The molecule has 7 heteroatoms. The minimum absolute atomic E-state index is 0.159. The Balaban J connectivity index is 1.47. The van der Waals surface area contributed by atoms with E-state index in [1.54, 1.807) is 41.3 Å². The molecule has 2 aromatic rings. The summed E-state index contributed by atoms with van der Waals surface area (Å²) in [6, 6.07) is 13.8. The molecule has 6 nitrogen and oxygen atoms in total. The van der Waals surface area contributed by atoms with Gasteiger partial charge in [0.25, 0.3) is 5.91 Å². The van der Waals surface area contributed by atoms with Crippen LogP contribution in [0.25, 0.3) is 0 Å². The molecule has 0 saturated carbocycles. The first-order valence-corrected chi connectivity index (χ1v) is 9.89. The Kier molecular flexibility index (Phi) is 6.88. The van der Waals surface area contributed by atoms with Crippen LogP contribution >= 0.6 is 11.6 Å². The Morgan fingerprint density at radius 2 is 1.97 bits per heavy atom. The SMILES string of the molecule is C[C@@H](NC(=O)COC(=O)c1ccc(CN2CCCC2=O)cc1)c1cccc(Cl)c1. The monoisotopic (exact) mass is 414 g/mol. The Hall–Kier alpha value is -2.86. The minimum atomic E-state index is -0.570. The minimum Gasteiger partial charge on any atom is -0.452 e. The number of hydrogen-bond acceptors (Lipinski definition) is 4. The molecule has 1 aliphatic heterocycles. The predicted octanol–water partition coefficient (Wildman–Crippen LogP) is 3.50. The first-order chi connectivity index (χ1) is 13.9. The Bertz CT molecular complexity index is 898. The molecule has 0 spiro atoms. The molecule has 1 saturated heterocycles. The van der Waals surface area contributed by atoms with Crippen LogP contribution in [0, 0.1) is 0 Å². The van der Waals surface area contributed by atoms with Crippen molar-refractivity contribution in [3.63, 3.8) is 0 Å². The zero-order valence-electron chi connectivity index (χ0n) is 16.2. The van der Waals surface area contributed by atoms with Crippen LogP contribution < -0.4 is 5.32 Å². The van der Waals surface area contributed by atoms with Crippen LogP contribution in [-0.4, -0.2) is 35.8 Å². The molecule has 0 aliphatic carbocycles. The van der Waals surface area contributed by atoms with Gasteiger partial charge in [0, 0.05) is 24.5 Å². The van der Waals surface area contributed by atoms with E-state index in [0.717, 1.165) is 24.1 Å². The normalized spacial score (nSPS) is 14.6. The standard InChI is InChI=1S/C22H23ClN2O4/c1-15(18-4-2-5-19(23)12-18)24-20(26)14-29-22(28)17-9-7-16(8-10-17)13-25-11-3-6-21(25)27/h2,4-5,7-10,12,15H,3,6,11,13-14H2,1H3,(H,24,26)/t15-/m1/s1. The highest BCUT2D eigenvalue weighted by Crippen LogP contribution is 2.17. The number of rotatable bonds is 7. The van der Waals surface area contributed by atoms with Gasteiger partial charge in [0.2, 0.25) is 5.91 Å². The molecule has 1 atom stereocenters. The van der Waals surface area contributed by atoms with Gasteiger partial charge in [-0.3, -0.25) is 9.59 Å². The summed E-state index contributed by atoms with van der Waals surface area (Å²) < 4.78 is 5.10. The van der Waals surface area contributed by atoms with E-state index >= 15 is 0 Å². The van der Waals surface area contributed by atoms with Crippen molar-refractivity contribution < 1.29 is 19.1 Å². The average molecular weight is 415 g/mol. The molecule has 0 unspecified atom stereocenters. The van der Waals surface area contributed by atoms with Crippen molar-refractivity contribution in [3.05, 3.63) is 70.2 Å². The number of amides is 2. The number of ether oxygens (including phenoxy) is 1. The predicted molar refractivity (Wildman–Crippen MR) is 109 cm³/mol. The van der Waals surface area contributed by atoms with Crippen molar-refractivity contribution in [3.8, 4) is 0 Å². The zero-order chi connectivity index (χ0) is 20.8. The van der Waals surface area contributed by atoms with E-state index in [-0.39, 0.29) is 18.6 Å². The maximum Gasteiger partial charge on any atom is 0.338 e. The van der Waals surface area contributed by atoms with Crippen LogP contribution in [-0.2, 0) is 20.9 Å². The zero-order valence-corrected chi connectivity index (χ0v) is 16.9. The number of benzene rings is 2. The highest BCUT2D eigenvalue weighted by molar-refractivity contribution is 6.30. The van der Waals surface area contributed by atoms with Gasteiger partial charge in [0.05, 0.1) is 11.6 Å². The summed E-state index contributed by atoms with van der Waals surface area (Å²) in [4.78, 5) is 37.7. The molecule has 0 bridgehead atoms. The second-order valence-electron chi connectivity index (χ2n) is 7.04. The largest absolute Gasteiger partial charge is 0.452 e. The lowest BCUT2D eigenvalue weighted by molar-refractivity contribution is -0.128. The Morgan fingerprint density at radius 3 is 2.62 bits per heavy atom. The smallest absolute Gasteiger partial charge is 0.338 e. The van der Waals surface area contributed by atoms with E-state index in [4.69, 9.17) is 16.3 Å². The van der Waals surface area contributed by atoms with Crippen LogP contribution in [0.3, 0.4) is 0 Å². The van der Waals surface area contributed by atoms with Gasteiger partial charge in [-0.15, -0.1) is 0 Å². The quantitative estimate of drug-likeness (QED) is 0.703. The highest BCUT2D eigenvalue weighted by atomic mass is 35.5. The molecule has 1 aliphatic rings. The topological polar surface area (TPSA) is 75.7 Å². The summed E-state index contributed by atoms with van der Waals surface area (Å²) in [5, 5.41) is 3.36. The number of halogens is 1. The maximum atomic E-state index is 12.2. The van der Waals surface area contributed by atoms with Crippen LogP contribution in [0.2, 0.25) is 5.02 Å². The summed E-state index contributed by atoms with van der Waals surface area (Å²) in [5.74, 6) is -0.805. The first-order valence-electron chi connectivity index (χ1n) is 9.51. The summed E-state index contributed by atoms with van der Waals surface area (Å²) in [7, 11) is 0. The van der Waals surface area contributed by atoms with Crippen molar-refractivity contribution in [1.29, 1.82) is 0 Å². The van der Waals surface area contributed by atoms with Crippen molar-refractivity contribution in [1.82, 2.24) is 10.2 Å². The second-order valence-corrected chi connectivity index (χ2v) is 7.47. The summed E-state index contributed by atoms with van der Waals surface area (Å²) >= 11 is 5.96. The van der Waals surface area contributed by atoms with Crippen LogP contribution in [0.1, 0.15) is 47.3 Å². The third kappa shape index (κ3) is 5.81. The molecule has 1 heterocycles. The van der Waals surface area contributed by atoms with E-state index in [1.165, 1.54) is 0 Å². The fraction of sp³-hybridized carbons (Fsp3) is 0.318. The average Bonchev–Trinajstić information content (AvgIpc) is 3.11. The first kappa shape index (κ1) is 20.9. The van der Waals surface area contributed by atoms with Gasteiger partial charge in [-0.1, -0.05) is 35.9 Å². The van der Waals surface area contributed by atoms with Gasteiger partial charge in [-0.25, -0.2) is 4.79 Å². The molecular formula is C22H23ClN2O4. The third-order valence-corrected chi connectivity index (χ3v) is 5.03. The number of likely N-dealkylation sites (tertiary alicyclic amines) is 1. The summed E-state index contributed by atoms with van der Waals surface area (Å²) in [5.41, 5.74) is 2.17. The van der Waals surface area contributed by atoms with Crippen molar-refractivity contribution >= 4 is 29.4 Å². The van der Waals surface area contributed by atoms with Gasteiger partial charge >= 0.3 is 5.97 Å². The van der Waals surface area contributed by atoms with Gasteiger partial charge in [-0.05, 0) is 48.7 Å². The molecule has 2 amide bonds. The van der Waals surface area contributed by atoms with Crippen LogP contribution in [0.15, 0.2) is 48.5 Å². The number of hydrogen-bond donors (Lipinski definition) is 1. The fourth-order valence-corrected chi connectivity index (χ4v) is 3.39. The van der Waals surface area contributed by atoms with Crippen molar-refractivity contribution in [2.45, 2.75) is 32.4 Å². The lowest BCUT2D eigenvalue weighted by atomic mass is 10.1. The van der Waals surface area contributed by atoms with Gasteiger partial charge in [-0.2, -0.15) is 0 Å². The van der Waals surface area contributed by atoms with Crippen LogP contribution in [0.5, 0.6) is 0 Å². The van der Waals surface area contributed by atoms with E-state index < -0.39 is 11.9 Å². The van der Waals surface area contributed by atoms with E-state index in [9.17, 15) is 14.4 Å². The van der Waals surface area contributed by atoms with Gasteiger partial charge in [0.1, 0.15) is 0 Å². The van der Waals surface area contributed by atoms with Crippen LogP contribution in [0.4, 0.5) is 0 Å². The molecule has 2 aromatic carbocycles. The van der Waals surface area contributed by atoms with Gasteiger partial charge < -0.3 is 15.0 Å². The third-order valence-electron chi connectivity index (χ3n) is 4.79. The van der Waals surface area contributed by atoms with E-state index in [1.807, 2.05) is 19.1 Å². The molecule has 0 radical (unpaired) electrons. The number of nitrogens with one attached hydrogen (secondary N) is 1. The van der Waals surface area contributed by atoms with Crippen molar-refractivity contribution in [2.75, 3.05) is 13.2 Å².